The van der Waals surface area contributed by atoms with Gasteiger partial charge in [-0.1, -0.05) is 15.9 Å². The predicted octanol–water partition coefficient (Wildman–Crippen LogP) is 2.79. The second-order valence-corrected chi connectivity index (χ2v) is 5.79. The first-order valence-corrected chi connectivity index (χ1v) is 7.47. The van der Waals surface area contributed by atoms with E-state index in [2.05, 4.69) is 21.2 Å². The molecule has 0 fully saturated rings. The third kappa shape index (κ3) is 4.58. The normalized spacial score (nSPS) is 14.6. The Bertz CT molecular complexity index is 360. The summed E-state index contributed by atoms with van der Waals surface area (Å²) in [6.45, 7) is 2.74. The number of aliphatic hydroxyl groups excluding tert-OH is 1. The zero-order chi connectivity index (χ0) is 12.8. The van der Waals surface area contributed by atoms with Gasteiger partial charge >= 0.3 is 0 Å². The van der Waals surface area contributed by atoms with Crippen LogP contribution in [0.1, 0.15) is 12.5 Å². The molecule has 1 aromatic rings. The van der Waals surface area contributed by atoms with Crippen molar-refractivity contribution < 1.29 is 9.50 Å². The van der Waals surface area contributed by atoms with Crippen LogP contribution in [-0.2, 0) is 6.54 Å². The van der Waals surface area contributed by atoms with Crippen LogP contribution >= 0.6 is 27.7 Å². The molecule has 0 aliphatic heterocycles. The first-order valence-electron chi connectivity index (χ1n) is 5.39. The number of hydrogen-bond acceptors (Lipinski definition) is 3. The zero-order valence-corrected chi connectivity index (χ0v) is 12.3. The van der Waals surface area contributed by atoms with Crippen molar-refractivity contribution in [2.24, 2.45) is 0 Å². The third-order valence-electron chi connectivity index (χ3n) is 2.66. The molecule has 2 N–H and O–H groups in total. The predicted molar refractivity (Wildman–Crippen MR) is 74.8 cm³/mol. The Morgan fingerprint density at radius 2 is 2.24 bits per heavy atom. The molecule has 0 radical (unpaired) electrons. The van der Waals surface area contributed by atoms with Crippen molar-refractivity contribution in [3.63, 3.8) is 0 Å². The van der Waals surface area contributed by atoms with E-state index in [0.717, 1.165) is 10.0 Å². The van der Waals surface area contributed by atoms with Gasteiger partial charge in [0.1, 0.15) is 5.82 Å². The molecule has 0 aliphatic rings. The van der Waals surface area contributed by atoms with Gasteiger partial charge in [-0.05, 0) is 36.9 Å². The Balaban J connectivity index is 2.57. The van der Waals surface area contributed by atoms with Crippen LogP contribution in [0, 0.1) is 5.82 Å². The first-order chi connectivity index (χ1) is 8.08. The van der Waals surface area contributed by atoms with Gasteiger partial charge in [0.2, 0.25) is 0 Å². The molecule has 0 amide bonds. The van der Waals surface area contributed by atoms with Crippen molar-refractivity contribution in [3.05, 3.63) is 34.1 Å². The number of halogens is 2. The molecule has 0 spiro atoms. The van der Waals surface area contributed by atoms with E-state index in [1.807, 2.05) is 13.2 Å². The number of benzene rings is 1. The van der Waals surface area contributed by atoms with Crippen molar-refractivity contribution in [2.75, 3.05) is 12.9 Å². The zero-order valence-electron chi connectivity index (χ0n) is 9.91. The Morgan fingerprint density at radius 1 is 1.53 bits per heavy atom. The molecule has 1 aromatic carbocycles. The summed E-state index contributed by atoms with van der Waals surface area (Å²) < 4.78 is 14.0. The minimum absolute atomic E-state index is 0.139. The molecule has 0 aliphatic carbocycles. The highest BCUT2D eigenvalue weighted by molar-refractivity contribution is 9.10. The summed E-state index contributed by atoms with van der Waals surface area (Å²) in [5, 5.41) is 12.6. The molecular weight excluding hydrogens is 305 g/mol. The van der Waals surface area contributed by atoms with Gasteiger partial charge in [0.05, 0.1) is 6.61 Å². The highest BCUT2D eigenvalue weighted by Crippen LogP contribution is 2.18. The molecule has 0 heterocycles. The molecule has 0 bridgehead atoms. The molecule has 0 saturated heterocycles. The Hall–Kier alpha value is -0.100. The summed E-state index contributed by atoms with van der Waals surface area (Å²) in [6, 6.07) is 4.81. The summed E-state index contributed by atoms with van der Waals surface area (Å²) in [4.78, 5) is 0. The molecule has 96 valence electrons. The topological polar surface area (TPSA) is 32.3 Å². The van der Waals surface area contributed by atoms with Gasteiger partial charge in [0.15, 0.2) is 0 Å². The standard InChI is InChI=1S/C12H17BrFNOS/c1-8(12(7-16)17-2)15-6-9-5-10(14)3-4-11(9)13/h3-5,8,12,15-16H,6-7H2,1-2H3. The van der Waals surface area contributed by atoms with Gasteiger partial charge < -0.3 is 10.4 Å². The molecule has 0 saturated carbocycles. The number of nitrogens with one attached hydrogen (secondary N) is 1. The summed E-state index contributed by atoms with van der Waals surface area (Å²) in [6.07, 6.45) is 1.97. The molecule has 1 rings (SSSR count). The molecule has 2 atom stereocenters. The highest BCUT2D eigenvalue weighted by atomic mass is 79.9. The Kier molecular flexibility index (Phi) is 6.48. The fourth-order valence-corrected chi connectivity index (χ4v) is 2.56. The van der Waals surface area contributed by atoms with Crippen LogP contribution < -0.4 is 5.32 Å². The van der Waals surface area contributed by atoms with E-state index in [1.54, 1.807) is 17.8 Å². The van der Waals surface area contributed by atoms with E-state index in [4.69, 9.17) is 5.11 Å². The van der Waals surface area contributed by atoms with Crippen LogP contribution in [0.2, 0.25) is 0 Å². The average molecular weight is 322 g/mol. The van der Waals surface area contributed by atoms with Gasteiger partial charge in [0, 0.05) is 22.3 Å². The van der Waals surface area contributed by atoms with Gasteiger partial charge in [-0.25, -0.2) is 4.39 Å². The quantitative estimate of drug-likeness (QED) is 0.845. The fourth-order valence-electron chi connectivity index (χ4n) is 1.52. The fraction of sp³-hybridized carbons (Fsp3) is 0.500. The molecular formula is C12H17BrFNOS. The van der Waals surface area contributed by atoms with E-state index in [1.165, 1.54) is 12.1 Å². The summed E-state index contributed by atoms with van der Waals surface area (Å²) >= 11 is 5.01. The van der Waals surface area contributed by atoms with E-state index >= 15 is 0 Å². The molecule has 0 aromatic heterocycles. The molecule has 5 heteroatoms. The van der Waals surface area contributed by atoms with Crippen molar-refractivity contribution in [1.29, 1.82) is 0 Å². The maximum atomic E-state index is 13.1. The lowest BCUT2D eigenvalue weighted by Crippen LogP contribution is -2.37. The highest BCUT2D eigenvalue weighted by Gasteiger charge is 2.14. The summed E-state index contributed by atoms with van der Waals surface area (Å²) in [7, 11) is 0. The van der Waals surface area contributed by atoms with E-state index in [-0.39, 0.29) is 23.7 Å². The van der Waals surface area contributed by atoms with Crippen LogP contribution in [-0.4, -0.2) is 29.3 Å². The number of rotatable bonds is 6. The van der Waals surface area contributed by atoms with Crippen LogP contribution in [0.4, 0.5) is 4.39 Å². The third-order valence-corrected chi connectivity index (χ3v) is 4.60. The van der Waals surface area contributed by atoms with Crippen molar-refractivity contribution in [2.45, 2.75) is 24.8 Å². The van der Waals surface area contributed by atoms with Crippen LogP contribution in [0.3, 0.4) is 0 Å². The first kappa shape index (κ1) is 15.0. The second-order valence-electron chi connectivity index (χ2n) is 3.86. The SMILES string of the molecule is CSC(CO)C(C)NCc1cc(F)ccc1Br. The molecule has 2 nitrogen and oxygen atoms in total. The lowest BCUT2D eigenvalue weighted by Gasteiger charge is -2.21. The monoisotopic (exact) mass is 321 g/mol. The van der Waals surface area contributed by atoms with Gasteiger partial charge in [0.25, 0.3) is 0 Å². The van der Waals surface area contributed by atoms with Gasteiger partial charge in [-0.2, -0.15) is 11.8 Å². The maximum Gasteiger partial charge on any atom is 0.123 e. The van der Waals surface area contributed by atoms with E-state index in [9.17, 15) is 4.39 Å². The maximum absolute atomic E-state index is 13.1. The van der Waals surface area contributed by atoms with Crippen LogP contribution in [0.25, 0.3) is 0 Å². The van der Waals surface area contributed by atoms with E-state index < -0.39 is 0 Å². The Labute approximate surface area is 114 Å². The number of aliphatic hydroxyl groups is 1. The number of thioether (sulfide) groups is 1. The lowest BCUT2D eigenvalue weighted by atomic mass is 10.2. The van der Waals surface area contributed by atoms with Crippen LogP contribution in [0.15, 0.2) is 22.7 Å². The van der Waals surface area contributed by atoms with Crippen molar-refractivity contribution in [3.8, 4) is 0 Å². The minimum atomic E-state index is -0.235. The minimum Gasteiger partial charge on any atom is -0.395 e. The van der Waals surface area contributed by atoms with Gasteiger partial charge in [-0.3, -0.25) is 0 Å². The second kappa shape index (κ2) is 7.36. The average Bonchev–Trinajstić information content (AvgIpc) is 2.32. The smallest absolute Gasteiger partial charge is 0.123 e. The summed E-state index contributed by atoms with van der Waals surface area (Å²) in [5.74, 6) is -0.235. The van der Waals surface area contributed by atoms with E-state index in [0.29, 0.717) is 6.54 Å². The molecule has 17 heavy (non-hydrogen) atoms. The largest absolute Gasteiger partial charge is 0.395 e. The van der Waals surface area contributed by atoms with Crippen molar-refractivity contribution >= 4 is 27.7 Å². The van der Waals surface area contributed by atoms with Crippen molar-refractivity contribution in [1.82, 2.24) is 5.32 Å². The Morgan fingerprint density at radius 3 is 2.82 bits per heavy atom. The number of hydrogen-bond donors (Lipinski definition) is 2. The molecule has 2 unspecified atom stereocenters. The summed E-state index contributed by atoms with van der Waals surface area (Å²) in [5.41, 5.74) is 0.884. The lowest BCUT2D eigenvalue weighted by molar-refractivity contribution is 0.276. The van der Waals surface area contributed by atoms with Gasteiger partial charge in [-0.15, -0.1) is 0 Å². The van der Waals surface area contributed by atoms with Crippen LogP contribution in [0.5, 0.6) is 0 Å².